The molecule has 172 valence electrons. The van der Waals surface area contributed by atoms with Gasteiger partial charge in [-0.3, -0.25) is 0 Å². The molecule has 0 bridgehead atoms. The quantitative estimate of drug-likeness (QED) is 0.175. The Morgan fingerprint density at radius 3 is 2.26 bits per heavy atom. The number of hydrogen-bond donors (Lipinski definition) is 0. The van der Waals surface area contributed by atoms with Crippen LogP contribution in [0.25, 0.3) is 15.0 Å². The SMILES string of the molecule is Cc1cc(-[s+]2cc(C)c3ccccc32)cc(C)c1OCC(=O)OC(C)(C)C#Cc1ccccc1. The average molecular weight is 470 g/mol. The van der Waals surface area contributed by atoms with Crippen LogP contribution in [-0.4, -0.2) is 18.2 Å². The van der Waals surface area contributed by atoms with E-state index in [0.717, 1.165) is 22.4 Å². The van der Waals surface area contributed by atoms with E-state index < -0.39 is 11.6 Å². The van der Waals surface area contributed by atoms with Gasteiger partial charge in [-0.25, -0.2) is 4.79 Å². The molecular weight excluding hydrogens is 440 g/mol. The molecule has 0 N–H and O–H groups in total. The molecule has 3 aromatic carbocycles. The largest absolute Gasteiger partial charge is 0.481 e. The minimum absolute atomic E-state index is 0.0934. The fraction of sp³-hybridized carbons (Fsp3) is 0.233. The molecule has 1 heterocycles. The molecule has 4 aromatic rings. The Balaban J connectivity index is 1.46. The van der Waals surface area contributed by atoms with E-state index in [0.29, 0.717) is 0 Å². The van der Waals surface area contributed by atoms with E-state index in [1.165, 1.54) is 20.5 Å². The molecule has 0 aliphatic carbocycles. The van der Waals surface area contributed by atoms with Crippen molar-refractivity contribution in [2.45, 2.75) is 40.2 Å². The van der Waals surface area contributed by atoms with E-state index >= 15 is 0 Å². The van der Waals surface area contributed by atoms with Crippen LogP contribution in [0.5, 0.6) is 5.75 Å². The maximum atomic E-state index is 12.5. The van der Waals surface area contributed by atoms with Crippen molar-refractivity contribution < 1.29 is 14.3 Å². The van der Waals surface area contributed by atoms with Crippen LogP contribution in [0.3, 0.4) is 0 Å². The molecule has 3 nitrogen and oxygen atoms in total. The Labute approximate surface area is 204 Å². The first-order valence-electron chi connectivity index (χ1n) is 11.3. The van der Waals surface area contributed by atoms with Crippen molar-refractivity contribution in [2.75, 3.05) is 6.61 Å². The number of fused-ring (bicyclic) bond motifs is 1. The van der Waals surface area contributed by atoms with Crippen molar-refractivity contribution in [3.05, 3.63) is 94.4 Å². The predicted octanol–water partition coefficient (Wildman–Crippen LogP) is 7.26. The van der Waals surface area contributed by atoms with Crippen LogP contribution in [0.15, 0.2) is 72.1 Å². The smallest absolute Gasteiger partial charge is 0.345 e. The van der Waals surface area contributed by atoms with Crippen LogP contribution in [0.4, 0.5) is 0 Å². The van der Waals surface area contributed by atoms with Crippen molar-refractivity contribution >= 4 is 26.5 Å². The molecule has 0 amide bonds. The summed E-state index contributed by atoms with van der Waals surface area (Å²) in [4.78, 5) is 13.8. The summed E-state index contributed by atoms with van der Waals surface area (Å²) in [5.74, 6) is 6.36. The molecular formula is C30H29O3S+. The summed E-state index contributed by atoms with van der Waals surface area (Å²) in [7, 11) is -0.0934. The summed E-state index contributed by atoms with van der Waals surface area (Å²) in [5, 5.41) is 3.66. The third-order valence-electron chi connectivity index (χ3n) is 5.52. The number of aryl methyl sites for hydroxylation is 3. The topological polar surface area (TPSA) is 35.5 Å². The zero-order valence-electron chi connectivity index (χ0n) is 20.3. The molecule has 0 radical (unpaired) electrons. The molecule has 0 spiro atoms. The lowest BCUT2D eigenvalue weighted by Crippen LogP contribution is -2.29. The number of thiophene rings is 1. The minimum Gasteiger partial charge on any atom is -0.481 e. The summed E-state index contributed by atoms with van der Waals surface area (Å²) < 4.78 is 12.8. The molecule has 0 saturated carbocycles. The first-order valence-corrected chi connectivity index (χ1v) is 12.6. The number of hydrogen-bond acceptors (Lipinski definition) is 3. The maximum Gasteiger partial charge on any atom is 0.345 e. The van der Waals surface area contributed by atoms with Gasteiger partial charge in [-0.05, 0) is 70.0 Å². The van der Waals surface area contributed by atoms with Gasteiger partial charge in [0, 0.05) is 39.1 Å². The van der Waals surface area contributed by atoms with Gasteiger partial charge in [0.15, 0.2) is 21.8 Å². The van der Waals surface area contributed by atoms with E-state index in [-0.39, 0.29) is 17.1 Å². The molecule has 4 heteroatoms. The monoisotopic (exact) mass is 469 g/mol. The molecule has 0 aliphatic rings. The lowest BCUT2D eigenvalue weighted by molar-refractivity contribution is -0.154. The Morgan fingerprint density at radius 2 is 1.56 bits per heavy atom. The third kappa shape index (κ3) is 5.32. The highest BCUT2D eigenvalue weighted by Crippen LogP contribution is 2.43. The molecule has 0 saturated heterocycles. The number of rotatable bonds is 5. The summed E-state index contributed by atoms with van der Waals surface area (Å²) in [6.07, 6.45) is 0. The molecule has 0 fully saturated rings. The maximum absolute atomic E-state index is 12.5. The van der Waals surface area contributed by atoms with E-state index in [4.69, 9.17) is 9.47 Å². The van der Waals surface area contributed by atoms with Crippen LogP contribution >= 0.6 is 10.5 Å². The first kappa shape index (κ1) is 23.6. The van der Waals surface area contributed by atoms with Gasteiger partial charge in [-0.2, -0.15) is 0 Å². The van der Waals surface area contributed by atoms with Crippen LogP contribution in [0.2, 0.25) is 0 Å². The van der Waals surface area contributed by atoms with E-state index in [2.05, 4.69) is 60.5 Å². The van der Waals surface area contributed by atoms with E-state index in [1.807, 2.05) is 44.2 Å². The zero-order valence-corrected chi connectivity index (χ0v) is 21.1. The lowest BCUT2D eigenvalue weighted by Gasteiger charge is -2.19. The van der Waals surface area contributed by atoms with Gasteiger partial charge in [-0.15, -0.1) is 0 Å². The van der Waals surface area contributed by atoms with Crippen molar-refractivity contribution in [1.29, 1.82) is 0 Å². The number of carbonyl (C=O) groups excluding carboxylic acids is 1. The van der Waals surface area contributed by atoms with Crippen LogP contribution < -0.4 is 4.74 Å². The van der Waals surface area contributed by atoms with Gasteiger partial charge in [-0.1, -0.05) is 42.2 Å². The Hall–Kier alpha value is -3.55. The van der Waals surface area contributed by atoms with Gasteiger partial charge < -0.3 is 9.47 Å². The van der Waals surface area contributed by atoms with E-state index in [9.17, 15) is 4.79 Å². The van der Waals surface area contributed by atoms with Gasteiger partial charge in [0.05, 0.1) is 0 Å². The Bertz CT molecular complexity index is 1380. The summed E-state index contributed by atoms with van der Waals surface area (Å²) in [5.41, 5.74) is 3.30. The number of carbonyl (C=O) groups is 1. The molecule has 4 rings (SSSR count). The standard InChI is InChI=1S/C30H29O3S/c1-21-17-25(34-20-23(3)26-13-9-10-14-27(26)34)18-22(2)29(21)32-19-28(31)33-30(4,5)16-15-24-11-7-6-8-12-24/h6-14,17-18,20H,19H2,1-5H3/q+1. The molecule has 1 unspecified atom stereocenters. The highest BCUT2D eigenvalue weighted by molar-refractivity contribution is 7.43. The summed E-state index contributed by atoms with van der Waals surface area (Å²) in [6.45, 7) is 9.61. The second-order valence-corrected chi connectivity index (χ2v) is 10.7. The Kier molecular flexibility index (Phi) is 6.77. The highest BCUT2D eigenvalue weighted by Gasteiger charge is 2.23. The second-order valence-electron chi connectivity index (χ2n) is 8.91. The molecule has 1 atom stereocenters. The Morgan fingerprint density at radius 1 is 0.912 bits per heavy atom. The zero-order chi connectivity index (χ0) is 24.3. The fourth-order valence-electron chi connectivity index (χ4n) is 3.96. The van der Waals surface area contributed by atoms with Gasteiger partial charge in [0.1, 0.15) is 11.1 Å². The average Bonchev–Trinajstić information content (AvgIpc) is 3.14. The number of esters is 1. The molecule has 34 heavy (non-hydrogen) atoms. The van der Waals surface area contributed by atoms with E-state index in [1.54, 1.807) is 13.8 Å². The van der Waals surface area contributed by atoms with Gasteiger partial charge >= 0.3 is 5.97 Å². The van der Waals surface area contributed by atoms with Crippen molar-refractivity contribution in [1.82, 2.24) is 0 Å². The van der Waals surface area contributed by atoms with Crippen molar-refractivity contribution in [2.24, 2.45) is 0 Å². The van der Waals surface area contributed by atoms with Crippen molar-refractivity contribution in [3.8, 4) is 22.5 Å². The normalized spacial score (nSPS) is 11.6. The molecule has 1 aromatic heterocycles. The number of benzene rings is 3. The van der Waals surface area contributed by atoms with Gasteiger partial charge in [0.2, 0.25) is 0 Å². The highest BCUT2D eigenvalue weighted by atomic mass is 32.2. The first-order chi connectivity index (χ1) is 16.2. The van der Waals surface area contributed by atoms with Crippen LogP contribution in [0, 0.1) is 32.6 Å². The predicted molar refractivity (Wildman–Crippen MR) is 141 cm³/mol. The second kappa shape index (κ2) is 9.75. The van der Waals surface area contributed by atoms with Crippen LogP contribution in [0.1, 0.15) is 36.1 Å². The number of ether oxygens (including phenoxy) is 2. The fourth-order valence-corrected chi connectivity index (χ4v) is 6.26. The minimum atomic E-state index is -0.911. The van der Waals surface area contributed by atoms with Crippen LogP contribution in [-0.2, 0) is 9.53 Å². The summed E-state index contributed by atoms with van der Waals surface area (Å²) >= 11 is 0. The van der Waals surface area contributed by atoms with Gasteiger partial charge in [0.25, 0.3) is 0 Å². The third-order valence-corrected chi connectivity index (χ3v) is 7.68. The summed E-state index contributed by atoms with van der Waals surface area (Å²) in [6, 6.07) is 22.5. The van der Waals surface area contributed by atoms with Crippen molar-refractivity contribution in [3.63, 3.8) is 0 Å². The molecule has 0 aliphatic heterocycles. The lowest BCUT2D eigenvalue weighted by atomic mass is 10.1.